The van der Waals surface area contributed by atoms with Crippen LogP contribution in [0.3, 0.4) is 0 Å². The molecule has 3 N–H and O–H groups in total. The molecule has 2 atom stereocenters. The van der Waals surface area contributed by atoms with Gasteiger partial charge in [0.1, 0.15) is 17.4 Å². The monoisotopic (exact) mass is 471 g/mol. The number of anilines is 1. The Morgan fingerprint density at radius 1 is 1.10 bits per heavy atom. The van der Waals surface area contributed by atoms with E-state index in [-0.39, 0.29) is 34.0 Å². The third-order valence-corrected chi connectivity index (χ3v) is 6.17. The molecule has 1 aliphatic heterocycles. The third-order valence-electron chi connectivity index (χ3n) is 5.56. The average Bonchev–Trinajstić information content (AvgIpc) is 3.23. The third kappa shape index (κ3) is 2.97. The minimum atomic E-state index is -0.737. The molecule has 5 rings (SSSR count). The fourth-order valence-corrected chi connectivity index (χ4v) is 4.70. The van der Waals surface area contributed by atoms with Gasteiger partial charge in [0.2, 0.25) is 0 Å². The second kappa shape index (κ2) is 6.94. The van der Waals surface area contributed by atoms with Gasteiger partial charge in [0, 0.05) is 29.5 Å². The number of aromatic amines is 2. The van der Waals surface area contributed by atoms with Crippen molar-refractivity contribution in [2.24, 2.45) is 0 Å². The normalized spacial score (nSPS) is 20.5. The summed E-state index contributed by atoms with van der Waals surface area (Å²) < 4.78 is 19.6. The second-order valence-corrected chi connectivity index (χ2v) is 8.22. The van der Waals surface area contributed by atoms with E-state index in [0.29, 0.717) is 29.0 Å². The number of hydrogen-bond acceptors (Lipinski definition) is 5. The molecule has 30 heavy (non-hydrogen) atoms. The number of hydrogen-bond donors (Lipinski definition) is 3. The minimum Gasteiger partial charge on any atom is -0.469 e. The van der Waals surface area contributed by atoms with E-state index in [0.717, 1.165) is 0 Å². The highest BCUT2D eigenvalue weighted by molar-refractivity contribution is 9.10. The Kier molecular flexibility index (Phi) is 4.35. The highest BCUT2D eigenvalue weighted by atomic mass is 79.9. The van der Waals surface area contributed by atoms with Crippen LogP contribution in [0.1, 0.15) is 41.6 Å². The summed E-state index contributed by atoms with van der Waals surface area (Å²) in [5.41, 5.74) is 0.601. The van der Waals surface area contributed by atoms with Gasteiger partial charge in [-0.15, -0.1) is 0 Å². The summed E-state index contributed by atoms with van der Waals surface area (Å²) in [6, 6.07) is 7.96. The van der Waals surface area contributed by atoms with Gasteiger partial charge < -0.3 is 9.73 Å². The maximum absolute atomic E-state index is 13.8. The van der Waals surface area contributed by atoms with Gasteiger partial charge >= 0.3 is 5.69 Å². The van der Waals surface area contributed by atoms with Gasteiger partial charge in [-0.1, -0.05) is 6.07 Å². The molecule has 0 amide bonds. The lowest BCUT2D eigenvalue weighted by Crippen LogP contribution is -2.37. The molecule has 0 unspecified atom stereocenters. The largest absolute Gasteiger partial charge is 0.469 e. The van der Waals surface area contributed by atoms with Crippen LogP contribution in [0.25, 0.3) is 0 Å². The van der Waals surface area contributed by atoms with E-state index in [1.807, 2.05) is 6.07 Å². The quantitative estimate of drug-likeness (QED) is 0.529. The van der Waals surface area contributed by atoms with Crippen molar-refractivity contribution in [1.82, 2.24) is 9.97 Å². The maximum atomic E-state index is 13.8. The molecular weight excluding hydrogens is 457 g/mol. The van der Waals surface area contributed by atoms with Crippen molar-refractivity contribution in [2.75, 3.05) is 5.32 Å². The van der Waals surface area contributed by atoms with Crippen molar-refractivity contribution in [1.29, 1.82) is 0 Å². The van der Waals surface area contributed by atoms with Crippen LogP contribution in [-0.2, 0) is 4.79 Å². The molecule has 152 valence electrons. The molecule has 3 aromatic rings. The number of carbonyl (C=O) groups is 1. The number of ketones is 1. The molecule has 2 aromatic heterocycles. The van der Waals surface area contributed by atoms with Gasteiger partial charge in [-0.25, -0.2) is 9.18 Å². The molecule has 0 saturated carbocycles. The molecule has 0 fully saturated rings. The number of halogens is 2. The predicted molar refractivity (Wildman–Crippen MR) is 110 cm³/mol. The summed E-state index contributed by atoms with van der Waals surface area (Å²) in [7, 11) is 0. The number of H-pyrrole nitrogens is 2. The van der Waals surface area contributed by atoms with Crippen LogP contribution in [-0.4, -0.2) is 15.8 Å². The summed E-state index contributed by atoms with van der Waals surface area (Å²) in [5.74, 6) is -0.547. The zero-order valence-electron chi connectivity index (χ0n) is 15.4. The second-order valence-electron chi connectivity index (χ2n) is 7.36. The summed E-state index contributed by atoms with van der Waals surface area (Å²) >= 11 is 3.17. The standard InChI is InChI=1S/C21H15BrFN3O4/c22-11-6-9(3-4-12(11)23)16-17-13(24-19-18(16)20(28)26-21(29)25-19)7-10(8-14(17)27)15-2-1-5-30-15/h1-6,10,16H,7-8H2,(H3,24,25,26,28,29)/t10-,16-/m1/s1. The zero-order chi connectivity index (χ0) is 21.0. The molecule has 9 heteroatoms. The lowest BCUT2D eigenvalue weighted by Gasteiger charge is -2.35. The minimum absolute atomic E-state index is 0.133. The number of rotatable bonds is 2. The first-order valence-electron chi connectivity index (χ1n) is 9.30. The van der Waals surface area contributed by atoms with Crippen molar-refractivity contribution in [2.45, 2.75) is 24.7 Å². The number of nitrogens with one attached hydrogen (secondary N) is 3. The molecule has 0 saturated heterocycles. The van der Waals surface area contributed by atoms with Crippen LogP contribution in [0, 0.1) is 5.82 Å². The predicted octanol–water partition coefficient (Wildman–Crippen LogP) is 3.52. The number of fused-ring (bicyclic) bond motifs is 1. The Morgan fingerprint density at radius 3 is 2.67 bits per heavy atom. The Bertz CT molecular complexity index is 1320. The molecule has 0 radical (unpaired) electrons. The number of benzene rings is 1. The molecular formula is C21H15BrFN3O4. The first-order chi connectivity index (χ1) is 14.4. The molecule has 0 bridgehead atoms. The van der Waals surface area contributed by atoms with Crippen molar-refractivity contribution < 1.29 is 13.6 Å². The number of carbonyl (C=O) groups excluding carboxylic acids is 1. The van der Waals surface area contributed by atoms with Crippen molar-refractivity contribution in [3.8, 4) is 0 Å². The Labute approximate surface area is 177 Å². The average molecular weight is 472 g/mol. The van der Waals surface area contributed by atoms with Crippen LogP contribution in [0.5, 0.6) is 0 Å². The SMILES string of the molecule is O=C1C[C@H](c2ccco2)CC2=C1[C@@H](c1ccc(F)c(Br)c1)c1c([nH]c(=O)[nH]c1=O)N2. The van der Waals surface area contributed by atoms with Gasteiger partial charge in [-0.05, 0) is 52.2 Å². The van der Waals surface area contributed by atoms with E-state index in [9.17, 15) is 18.8 Å². The van der Waals surface area contributed by atoms with Crippen LogP contribution in [0.4, 0.5) is 10.2 Å². The number of Topliss-reactive ketones (excluding diaryl/α,β-unsaturated/α-hetero) is 1. The maximum Gasteiger partial charge on any atom is 0.327 e. The van der Waals surface area contributed by atoms with Gasteiger partial charge in [0.25, 0.3) is 5.56 Å². The fraction of sp³-hybridized carbons (Fsp3) is 0.190. The van der Waals surface area contributed by atoms with Gasteiger partial charge in [0.15, 0.2) is 5.78 Å². The lowest BCUT2D eigenvalue weighted by molar-refractivity contribution is -0.116. The zero-order valence-corrected chi connectivity index (χ0v) is 17.0. The van der Waals surface area contributed by atoms with Crippen molar-refractivity contribution in [3.63, 3.8) is 0 Å². The first-order valence-corrected chi connectivity index (χ1v) is 10.1. The number of furan rings is 1. The van der Waals surface area contributed by atoms with Crippen LogP contribution < -0.4 is 16.6 Å². The smallest absolute Gasteiger partial charge is 0.327 e. The topological polar surface area (TPSA) is 108 Å². The number of aromatic nitrogens is 2. The highest BCUT2D eigenvalue weighted by Gasteiger charge is 2.40. The fourth-order valence-electron chi connectivity index (χ4n) is 4.30. The van der Waals surface area contributed by atoms with Gasteiger partial charge in [0.05, 0.1) is 16.3 Å². The van der Waals surface area contributed by atoms with E-state index in [1.54, 1.807) is 24.5 Å². The van der Waals surface area contributed by atoms with Gasteiger partial charge in [-0.2, -0.15) is 0 Å². The van der Waals surface area contributed by atoms with E-state index >= 15 is 0 Å². The summed E-state index contributed by atoms with van der Waals surface area (Å²) in [6.07, 6.45) is 2.26. The van der Waals surface area contributed by atoms with Crippen LogP contribution >= 0.6 is 15.9 Å². The Hall–Kier alpha value is -3.20. The molecule has 0 spiro atoms. The molecule has 7 nitrogen and oxygen atoms in total. The van der Waals surface area contributed by atoms with E-state index < -0.39 is 23.0 Å². The highest BCUT2D eigenvalue weighted by Crippen LogP contribution is 2.46. The lowest BCUT2D eigenvalue weighted by atomic mass is 9.73. The summed E-state index contributed by atoms with van der Waals surface area (Å²) in [4.78, 5) is 42.7. The summed E-state index contributed by atoms with van der Waals surface area (Å²) in [5, 5.41) is 3.08. The van der Waals surface area contributed by atoms with Crippen LogP contribution in [0.2, 0.25) is 0 Å². The van der Waals surface area contributed by atoms with Crippen LogP contribution in [0.15, 0.2) is 66.3 Å². The van der Waals surface area contributed by atoms with E-state index in [2.05, 4.69) is 31.2 Å². The number of allylic oxidation sites excluding steroid dienone is 2. The molecule has 1 aliphatic carbocycles. The Balaban J connectivity index is 1.72. The first kappa shape index (κ1) is 18.8. The van der Waals surface area contributed by atoms with Gasteiger partial charge in [-0.3, -0.25) is 19.6 Å². The molecule has 2 aliphatic rings. The summed E-state index contributed by atoms with van der Waals surface area (Å²) in [6.45, 7) is 0. The van der Waals surface area contributed by atoms with E-state index in [1.165, 1.54) is 6.07 Å². The Morgan fingerprint density at radius 2 is 1.93 bits per heavy atom. The van der Waals surface area contributed by atoms with Crippen molar-refractivity contribution in [3.05, 3.63) is 95.9 Å². The van der Waals surface area contributed by atoms with E-state index in [4.69, 9.17) is 4.42 Å². The molecule has 1 aromatic carbocycles. The molecule has 3 heterocycles. The van der Waals surface area contributed by atoms with Crippen molar-refractivity contribution >= 4 is 27.5 Å².